The van der Waals surface area contributed by atoms with Gasteiger partial charge in [-0.2, -0.15) is 0 Å². The summed E-state index contributed by atoms with van der Waals surface area (Å²) in [5.41, 5.74) is 9.69. The minimum atomic E-state index is 0.725. The third-order valence-corrected chi connectivity index (χ3v) is 3.36. The summed E-state index contributed by atoms with van der Waals surface area (Å²) in [6.07, 6.45) is 1.79. The second kappa shape index (κ2) is 6.64. The molecule has 0 aliphatic rings. The van der Waals surface area contributed by atoms with Crippen LogP contribution in [0.15, 0.2) is 91.2 Å². The van der Waals surface area contributed by atoms with Crippen molar-refractivity contribution in [2.24, 2.45) is 0 Å². The fourth-order valence-corrected chi connectivity index (χ4v) is 2.21. The molecule has 2 nitrogen and oxygen atoms in total. The van der Waals surface area contributed by atoms with Gasteiger partial charge in [-0.05, 0) is 35.4 Å². The number of hydrogen-bond donors (Lipinski definition) is 1. The van der Waals surface area contributed by atoms with Crippen molar-refractivity contribution in [1.29, 1.82) is 0 Å². The number of ether oxygens (including phenoxy) is 1. The molecule has 22 heavy (non-hydrogen) atoms. The van der Waals surface area contributed by atoms with Gasteiger partial charge in [0, 0.05) is 11.3 Å². The van der Waals surface area contributed by atoms with Gasteiger partial charge in [-0.15, -0.1) is 0 Å². The SMILES string of the molecule is Nc1ccc(OC=C(c2ccccc2)c2ccccc2)cc1. The van der Waals surface area contributed by atoms with Crippen LogP contribution < -0.4 is 10.5 Å². The fraction of sp³-hybridized carbons (Fsp3) is 0. The van der Waals surface area contributed by atoms with Crippen LogP contribution in [0.25, 0.3) is 5.57 Å². The van der Waals surface area contributed by atoms with Crippen molar-refractivity contribution in [3.8, 4) is 5.75 Å². The van der Waals surface area contributed by atoms with E-state index in [-0.39, 0.29) is 0 Å². The minimum absolute atomic E-state index is 0.725. The molecule has 3 rings (SSSR count). The highest BCUT2D eigenvalue weighted by molar-refractivity contribution is 5.79. The van der Waals surface area contributed by atoms with Gasteiger partial charge in [0.15, 0.2) is 0 Å². The van der Waals surface area contributed by atoms with Crippen molar-refractivity contribution in [3.05, 3.63) is 102 Å². The maximum atomic E-state index is 5.81. The Kier molecular flexibility index (Phi) is 4.21. The highest BCUT2D eigenvalue weighted by atomic mass is 16.5. The molecule has 0 atom stereocenters. The Balaban J connectivity index is 1.95. The fourth-order valence-electron chi connectivity index (χ4n) is 2.21. The first-order valence-corrected chi connectivity index (χ1v) is 7.16. The zero-order valence-corrected chi connectivity index (χ0v) is 12.1. The van der Waals surface area contributed by atoms with Crippen molar-refractivity contribution >= 4 is 11.3 Å². The van der Waals surface area contributed by atoms with Gasteiger partial charge in [-0.3, -0.25) is 0 Å². The van der Waals surface area contributed by atoms with E-state index in [4.69, 9.17) is 10.5 Å². The lowest BCUT2D eigenvalue weighted by Gasteiger charge is -2.09. The number of nitrogens with two attached hydrogens (primary N) is 1. The molecule has 0 bridgehead atoms. The van der Waals surface area contributed by atoms with Crippen LogP contribution in [0.3, 0.4) is 0 Å². The van der Waals surface area contributed by atoms with Crippen LogP contribution in [0.1, 0.15) is 11.1 Å². The molecule has 0 aliphatic carbocycles. The minimum Gasteiger partial charge on any atom is -0.464 e. The smallest absolute Gasteiger partial charge is 0.126 e. The summed E-state index contributed by atoms with van der Waals surface area (Å²) < 4.78 is 5.81. The first-order valence-electron chi connectivity index (χ1n) is 7.16. The number of anilines is 1. The van der Waals surface area contributed by atoms with Gasteiger partial charge in [0.1, 0.15) is 5.75 Å². The van der Waals surface area contributed by atoms with Crippen molar-refractivity contribution in [1.82, 2.24) is 0 Å². The summed E-state index contributed by atoms with van der Waals surface area (Å²) in [5.74, 6) is 0.763. The summed E-state index contributed by atoms with van der Waals surface area (Å²) in [6, 6.07) is 27.8. The molecule has 0 fully saturated rings. The van der Waals surface area contributed by atoms with Crippen molar-refractivity contribution in [2.75, 3.05) is 5.73 Å². The molecule has 108 valence electrons. The Morgan fingerprint density at radius 2 is 1.18 bits per heavy atom. The van der Waals surface area contributed by atoms with Crippen molar-refractivity contribution in [2.45, 2.75) is 0 Å². The summed E-state index contributed by atoms with van der Waals surface area (Å²) >= 11 is 0. The number of rotatable bonds is 4. The molecule has 0 unspecified atom stereocenters. The van der Waals surface area contributed by atoms with E-state index in [0.717, 1.165) is 28.1 Å². The third kappa shape index (κ3) is 3.36. The summed E-state index contributed by atoms with van der Waals surface area (Å²) in [5, 5.41) is 0. The average molecular weight is 287 g/mol. The lowest BCUT2D eigenvalue weighted by Crippen LogP contribution is -1.92. The predicted molar refractivity (Wildman–Crippen MR) is 91.4 cm³/mol. The zero-order chi connectivity index (χ0) is 15.2. The van der Waals surface area contributed by atoms with E-state index in [1.54, 1.807) is 6.26 Å². The molecule has 0 saturated carbocycles. The van der Waals surface area contributed by atoms with Crippen LogP contribution in [0.5, 0.6) is 5.75 Å². The number of nitrogen functional groups attached to an aromatic ring is 1. The highest BCUT2D eigenvalue weighted by Gasteiger charge is 2.05. The molecule has 2 N–H and O–H groups in total. The number of hydrogen-bond acceptors (Lipinski definition) is 2. The standard InChI is InChI=1S/C20H17NO/c21-18-11-13-19(14-12-18)22-15-20(16-7-3-1-4-8-16)17-9-5-2-6-10-17/h1-15H,21H2. The molecule has 3 aromatic carbocycles. The molecular weight excluding hydrogens is 270 g/mol. The lowest BCUT2D eigenvalue weighted by atomic mass is 9.99. The molecule has 0 aromatic heterocycles. The quantitative estimate of drug-likeness (QED) is 0.556. The Morgan fingerprint density at radius 3 is 1.68 bits per heavy atom. The van der Waals surface area contributed by atoms with E-state index in [1.165, 1.54) is 0 Å². The van der Waals surface area contributed by atoms with Crippen LogP contribution in [0, 0.1) is 0 Å². The van der Waals surface area contributed by atoms with E-state index >= 15 is 0 Å². The largest absolute Gasteiger partial charge is 0.464 e. The Hall–Kier alpha value is -3.00. The highest BCUT2D eigenvalue weighted by Crippen LogP contribution is 2.24. The summed E-state index contributed by atoms with van der Waals surface area (Å²) in [7, 11) is 0. The molecule has 2 heteroatoms. The van der Waals surface area contributed by atoms with Gasteiger partial charge in [0.05, 0.1) is 6.26 Å². The monoisotopic (exact) mass is 287 g/mol. The molecule has 0 amide bonds. The second-order valence-corrected chi connectivity index (χ2v) is 4.95. The van der Waals surface area contributed by atoms with Crippen molar-refractivity contribution in [3.63, 3.8) is 0 Å². The van der Waals surface area contributed by atoms with E-state index < -0.39 is 0 Å². The summed E-state index contributed by atoms with van der Waals surface area (Å²) in [4.78, 5) is 0. The molecule has 3 aromatic rings. The van der Waals surface area contributed by atoms with Gasteiger partial charge >= 0.3 is 0 Å². The molecule has 0 heterocycles. The zero-order valence-electron chi connectivity index (χ0n) is 12.1. The molecular formula is C20H17NO. The van der Waals surface area contributed by atoms with Gasteiger partial charge in [-0.1, -0.05) is 60.7 Å². The molecule has 0 spiro atoms. The van der Waals surface area contributed by atoms with Gasteiger partial charge in [-0.25, -0.2) is 0 Å². The van der Waals surface area contributed by atoms with E-state index in [0.29, 0.717) is 0 Å². The first-order chi connectivity index (χ1) is 10.8. The van der Waals surface area contributed by atoms with Crippen LogP contribution in [0.2, 0.25) is 0 Å². The topological polar surface area (TPSA) is 35.2 Å². The Morgan fingerprint density at radius 1 is 0.682 bits per heavy atom. The predicted octanol–water partition coefficient (Wildman–Crippen LogP) is 4.74. The number of benzene rings is 3. The maximum Gasteiger partial charge on any atom is 0.126 e. The second-order valence-electron chi connectivity index (χ2n) is 4.95. The molecule has 0 saturated heterocycles. The van der Waals surface area contributed by atoms with E-state index in [1.807, 2.05) is 60.7 Å². The van der Waals surface area contributed by atoms with Gasteiger partial charge in [0.25, 0.3) is 0 Å². The Labute approximate surface area is 130 Å². The Bertz CT molecular complexity index is 705. The van der Waals surface area contributed by atoms with Crippen LogP contribution >= 0.6 is 0 Å². The van der Waals surface area contributed by atoms with Gasteiger partial charge < -0.3 is 10.5 Å². The van der Waals surface area contributed by atoms with Crippen LogP contribution in [0.4, 0.5) is 5.69 Å². The molecule has 0 aliphatic heterocycles. The summed E-state index contributed by atoms with van der Waals surface area (Å²) in [6.45, 7) is 0. The van der Waals surface area contributed by atoms with Gasteiger partial charge in [0.2, 0.25) is 0 Å². The lowest BCUT2D eigenvalue weighted by molar-refractivity contribution is 0.483. The van der Waals surface area contributed by atoms with E-state index in [2.05, 4.69) is 24.3 Å². The normalized spacial score (nSPS) is 10.0. The molecule has 0 radical (unpaired) electrons. The average Bonchev–Trinajstić information content (AvgIpc) is 2.59. The third-order valence-electron chi connectivity index (χ3n) is 3.36. The maximum absolute atomic E-state index is 5.81. The van der Waals surface area contributed by atoms with Crippen molar-refractivity contribution < 1.29 is 4.74 Å². The van der Waals surface area contributed by atoms with E-state index in [9.17, 15) is 0 Å². The first kappa shape index (κ1) is 14.0. The van der Waals surface area contributed by atoms with Crippen LogP contribution in [-0.2, 0) is 0 Å². The van der Waals surface area contributed by atoms with Crippen LogP contribution in [-0.4, -0.2) is 0 Å².